The van der Waals surface area contributed by atoms with E-state index in [9.17, 15) is 9.59 Å². The summed E-state index contributed by atoms with van der Waals surface area (Å²) in [6.45, 7) is 12.9. The van der Waals surface area contributed by atoms with Crippen molar-refractivity contribution in [3.63, 3.8) is 0 Å². The first-order valence-electron chi connectivity index (χ1n) is 7.16. The number of hydrogen-bond acceptors (Lipinski definition) is 3. The van der Waals surface area contributed by atoms with Crippen molar-refractivity contribution < 1.29 is 14.7 Å². The summed E-state index contributed by atoms with van der Waals surface area (Å²) in [5.74, 6) is -1.12. The maximum Gasteiger partial charge on any atom is 0.326 e. The van der Waals surface area contributed by atoms with Crippen LogP contribution in [-0.4, -0.2) is 64.7 Å². The highest BCUT2D eigenvalue weighted by Gasteiger charge is 2.30. The highest BCUT2D eigenvalue weighted by atomic mass is 16.4. The lowest BCUT2D eigenvalue weighted by molar-refractivity contribution is -0.140. The molecule has 1 aliphatic rings. The zero-order valence-corrected chi connectivity index (χ0v) is 13.1. The molecular weight excluding hydrogens is 258 g/mol. The van der Waals surface area contributed by atoms with Crippen LogP contribution < -0.4 is 5.32 Å². The lowest BCUT2D eigenvalue weighted by Gasteiger charge is -2.42. The molecule has 0 aromatic carbocycles. The van der Waals surface area contributed by atoms with E-state index in [1.54, 1.807) is 18.7 Å². The van der Waals surface area contributed by atoms with Crippen molar-refractivity contribution in [2.75, 3.05) is 26.2 Å². The molecule has 0 saturated carbocycles. The molecule has 1 fully saturated rings. The normalized spacial score (nSPS) is 19.0. The average Bonchev–Trinajstić information content (AvgIpc) is 2.34. The minimum Gasteiger partial charge on any atom is -0.480 e. The molecule has 1 heterocycles. The molecule has 0 aromatic rings. The minimum atomic E-state index is -0.985. The lowest BCUT2D eigenvalue weighted by atomic mass is 10.0. The second-order valence-corrected chi connectivity index (χ2v) is 6.65. The molecule has 0 spiro atoms. The number of carboxylic acid groups (broad SMARTS) is 1. The van der Waals surface area contributed by atoms with Gasteiger partial charge in [0.25, 0.3) is 0 Å². The first kappa shape index (κ1) is 16.8. The number of carboxylic acids is 1. The molecule has 116 valence electrons. The molecule has 6 nitrogen and oxygen atoms in total. The molecule has 0 aliphatic carbocycles. The highest BCUT2D eigenvalue weighted by Crippen LogP contribution is 2.16. The van der Waals surface area contributed by atoms with Crippen LogP contribution in [0.5, 0.6) is 0 Å². The first-order valence-corrected chi connectivity index (χ1v) is 7.16. The zero-order chi connectivity index (χ0) is 15.5. The van der Waals surface area contributed by atoms with Crippen molar-refractivity contribution in [1.82, 2.24) is 15.1 Å². The summed E-state index contributed by atoms with van der Waals surface area (Å²) in [6.07, 6.45) is 0. The van der Waals surface area contributed by atoms with Gasteiger partial charge in [0.15, 0.2) is 0 Å². The Morgan fingerprint density at radius 1 is 1.10 bits per heavy atom. The van der Waals surface area contributed by atoms with E-state index < -0.39 is 12.0 Å². The summed E-state index contributed by atoms with van der Waals surface area (Å²) in [7, 11) is 0. The van der Waals surface area contributed by atoms with E-state index in [2.05, 4.69) is 31.0 Å². The van der Waals surface area contributed by atoms with Gasteiger partial charge >= 0.3 is 12.0 Å². The van der Waals surface area contributed by atoms with Gasteiger partial charge in [-0.2, -0.15) is 0 Å². The van der Waals surface area contributed by atoms with Gasteiger partial charge in [0, 0.05) is 31.7 Å². The zero-order valence-electron chi connectivity index (χ0n) is 13.1. The number of piperazine rings is 1. The third-order valence-corrected chi connectivity index (χ3v) is 3.73. The number of carbonyl (C=O) groups excluding carboxylic acids is 1. The number of nitrogens with zero attached hydrogens (tertiary/aromatic N) is 2. The summed E-state index contributed by atoms with van der Waals surface area (Å²) in [6, 6.07) is -1.11. The Morgan fingerprint density at radius 2 is 1.60 bits per heavy atom. The SMILES string of the molecule is CC(C)C(NC(=O)N1CCN(C(C)(C)C)CC1)C(=O)O. The largest absolute Gasteiger partial charge is 0.480 e. The Kier molecular flexibility index (Phi) is 5.39. The van der Waals surface area contributed by atoms with E-state index in [1.165, 1.54) is 0 Å². The predicted octanol–water partition coefficient (Wildman–Crippen LogP) is 1.22. The molecule has 2 N–H and O–H groups in total. The fourth-order valence-corrected chi connectivity index (χ4v) is 2.32. The van der Waals surface area contributed by atoms with E-state index >= 15 is 0 Å². The summed E-state index contributed by atoms with van der Waals surface area (Å²) in [4.78, 5) is 27.2. The fraction of sp³-hybridized carbons (Fsp3) is 0.857. The van der Waals surface area contributed by atoms with Crippen LogP contribution in [0.2, 0.25) is 0 Å². The first-order chi connectivity index (χ1) is 9.12. The van der Waals surface area contributed by atoms with Crippen molar-refractivity contribution in [2.24, 2.45) is 5.92 Å². The van der Waals surface area contributed by atoms with Gasteiger partial charge in [-0.1, -0.05) is 13.8 Å². The van der Waals surface area contributed by atoms with Gasteiger partial charge in [0.1, 0.15) is 6.04 Å². The molecule has 1 aliphatic heterocycles. The van der Waals surface area contributed by atoms with Crippen LogP contribution in [0.15, 0.2) is 0 Å². The molecule has 1 atom stereocenters. The van der Waals surface area contributed by atoms with Crippen LogP contribution in [-0.2, 0) is 4.79 Å². The highest BCUT2D eigenvalue weighted by molar-refractivity contribution is 5.82. The number of urea groups is 1. The maximum atomic E-state index is 12.1. The molecule has 2 amide bonds. The molecule has 0 aromatic heterocycles. The second kappa shape index (κ2) is 6.43. The Morgan fingerprint density at radius 3 is 1.95 bits per heavy atom. The lowest BCUT2D eigenvalue weighted by Crippen LogP contribution is -2.58. The average molecular weight is 285 g/mol. The van der Waals surface area contributed by atoms with E-state index in [-0.39, 0.29) is 17.5 Å². The number of rotatable bonds is 3. The van der Waals surface area contributed by atoms with Crippen LogP contribution in [0.3, 0.4) is 0 Å². The van der Waals surface area contributed by atoms with E-state index in [4.69, 9.17) is 5.11 Å². The molecule has 0 radical (unpaired) electrons. The van der Waals surface area contributed by atoms with Crippen molar-refractivity contribution in [3.05, 3.63) is 0 Å². The smallest absolute Gasteiger partial charge is 0.326 e. The number of carbonyl (C=O) groups is 2. The molecule has 6 heteroatoms. The van der Waals surface area contributed by atoms with Gasteiger partial charge in [0.05, 0.1) is 0 Å². The Labute approximate surface area is 121 Å². The van der Waals surface area contributed by atoms with Crippen LogP contribution in [0, 0.1) is 5.92 Å². The van der Waals surface area contributed by atoms with Gasteiger partial charge in [-0.3, -0.25) is 4.90 Å². The van der Waals surface area contributed by atoms with Gasteiger partial charge in [-0.25, -0.2) is 9.59 Å². The monoisotopic (exact) mass is 285 g/mol. The van der Waals surface area contributed by atoms with Crippen molar-refractivity contribution >= 4 is 12.0 Å². The molecule has 1 rings (SSSR count). The standard InChI is InChI=1S/C14H27N3O3/c1-10(2)11(12(18)19)15-13(20)16-6-8-17(9-7-16)14(3,4)5/h10-11H,6-9H2,1-5H3,(H,15,20)(H,18,19). The maximum absolute atomic E-state index is 12.1. The van der Waals surface area contributed by atoms with Crippen LogP contribution >= 0.6 is 0 Å². The van der Waals surface area contributed by atoms with Gasteiger partial charge in [0.2, 0.25) is 0 Å². The summed E-state index contributed by atoms with van der Waals surface area (Å²) in [5.41, 5.74) is 0.101. The second-order valence-electron chi connectivity index (χ2n) is 6.65. The fourth-order valence-electron chi connectivity index (χ4n) is 2.32. The molecule has 20 heavy (non-hydrogen) atoms. The van der Waals surface area contributed by atoms with Crippen LogP contribution in [0.25, 0.3) is 0 Å². The van der Waals surface area contributed by atoms with E-state index in [0.717, 1.165) is 13.1 Å². The topological polar surface area (TPSA) is 72.9 Å². The number of nitrogens with one attached hydrogen (secondary N) is 1. The predicted molar refractivity (Wildman–Crippen MR) is 77.7 cm³/mol. The van der Waals surface area contributed by atoms with E-state index in [1.807, 2.05) is 0 Å². The number of hydrogen-bond donors (Lipinski definition) is 2. The number of aliphatic carboxylic acids is 1. The van der Waals surface area contributed by atoms with Gasteiger partial charge in [-0.05, 0) is 26.7 Å². The van der Waals surface area contributed by atoms with Crippen molar-refractivity contribution in [3.8, 4) is 0 Å². The van der Waals surface area contributed by atoms with Crippen LogP contribution in [0.4, 0.5) is 4.79 Å². The van der Waals surface area contributed by atoms with Crippen molar-refractivity contribution in [2.45, 2.75) is 46.2 Å². The Hall–Kier alpha value is -1.30. The quantitative estimate of drug-likeness (QED) is 0.818. The molecular formula is C14H27N3O3. The van der Waals surface area contributed by atoms with Gasteiger partial charge in [-0.15, -0.1) is 0 Å². The summed E-state index contributed by atoms with van der Waals surface area (Å²) in [5, 5.41) is 11.7. The molecule has 0 bridgehead atoms. The Bertz CT molecular complexity index is 355. The Balaban J connectivity index is 2.53. The van der Waals surface area contributed by atoms with Crippen molar-refractivity contribution in [1.29, 1.82) is 0 Å². The molecule has 1 saturated heterocycles. The third kappa shape index (κ3) is 4.37. The van der Waals surface area contributed by atoms with Crippen LogP contribution in [0.1, 0.15) is 34.6 Å². The minimum absolute atomic E-state index is 0.101. The summed E-state index contributed by atoms with van der Waals surface area (Å²) < 4.78 is 0. The summed E-state index contributed by atoms with van der Waals surface area (Å²) >= 11 is 0. The van der Waals surface area contributed by atoms with Gasteiger partial charge < -0.3 is 15.3 Å². The van der Waals surface area contributed by atoms with E-state index in [0.29, 0.717) is 13.1 Å². The molecule has 1 unspecified atom stereocenters. The number of amides is 2. The third-order valence-electron chi connectivity index (χ3n) is 3.73.